The van der Waals surface area contributed by atoms with Crippen molar-refractivity contribution in [3.63, 3.8) is 0 Å². The van der Waals surface area contributed by atoms with E-state index in [1.165, 1.54) is 0 Å². The van der Waals surface area contributed by atoms with Crippen LogP contribution < -0.4 is 0 Å². The molecule has 0 unspecified atom stereocenters. The smallest absolute Gasteiger partial charge is 0.303 e. The van der Waals surface area contributed by atoms with E-state index in [1.807, 2.05) is 0 Å². The lowest BCUT2D eigenvalue weighted by molar-refractivity contribution is -0.137. The summed E-state index contributed by atoms with van der Waals surface area (Å²) < 4.78 is 0. The van der Waals surface area contributed by atoms with Crippen LogP contribution in [0.25, 0.3) is 0 Å². The Morgan fingerprint density at radius 3 is 0.765 bits per heavy atom. The van der Waals surface area contributed by atoms with E-state index in [4.69, 9.17) is 34.8 Å². The predicted molar refractivity (Wildman–Crippen MR) is 57.9 cm³/mol. The topological polar surface area (TPSA) is 149 Å². The Labute approximate surface area is 98.5 Å². The normalized spacial score (nSPS) is 6.59. The molecular weight excluding hydrogens is 236 g/mol. The first kappa shape index (κ1) is 24.2. The zero-order valence-electron chi connectivity index (χ0n) is 10.1. The van der Waals surface area contributed by atoms with Crippen LogP contribution in [0.4, 0.5) is 0 Å². The standard InChI is InChI=1S/C3H6O2.3C2H4O2/c1-2-3(4)5;3*1-2(3)4/h2H2,1H3,(H,4,5);3*1H3,(H,3,4). The summed E-state index contributed by atoms with van der Waals surface area (Å²) in [4.78, 5) is 36.4. The van der Waals surface area contributed by atoms with Crippen LogP contribution in [0.2, 0.25) is 0 Å². The highest BCUT2D eigenvalue weighted by molar-refractivity contribution is 5.66. The number of carboxylic acids is 4. The molecule has 0 aliphatic carbocycles. The predicted octanol–water partition coefficient (Wildman–Crippen LogP) is 0.754. The van der Waals surface area contributed by atoms with Gasteiger partial charge in [0.25, 0.3) is 17.9 Å². The Morgan fingerprint density at radius 2 is 0.765 bits per heavy atom. The molecule has 0 aliphatic heterocycles. The fourth-order valence-electron chi connectivity index (χ4n) is 0. The molecule has 8 heteroatoms. The highest BCUT2D eigenvalue weighted by Gasteiger charge is 1.80. The second-order valence-corrected chi connectivity index (χ2v) is 2.30. The summed E-state index contributed by atoms with van der Waals surface area (Å²) in [6.07, 6.45) is 0.222. The maximum atomic E-state index is 9.37. The average Bonchev–Trinajstić information content (AvgIpc) is 2.00. The first-order valence-corrected chi connectivity index (χ1v) is 4.27. The van der Waals surface area contributed by atoms with E-state index in [0.29, 0.717) is 0 Å². The molecule has 102 valence electrons. The molecule has 0 bridgehead atoms. The zero-order valence-corrected chi connectivity index (χ0v) is 10.1. The summed E-state index contributed by atoms with van der Waals surface area (Å²) >= 11 is 0. The molecule has 0 saturated heterocycles. The Balaban J connectivity index is -0.0000000667. The van der Waals surface area contributed by atoms with Crippen molar-refractivity contribution >= 4 is 23.9 Å². The zero-order chi connectivity index (χ0) is 15.0. The van der Waals surface area contributed by atoms with Gasteiger partial charge in [0.15, 0.2) is 0 Å². The van der Waals surface area contributed by atoms with Gasteiger partial charge in [-0.3, -0.25) is 19.2 Å². The second-order valence-electron chi connectivity index (χ2n) is 2.30. The summed E-state index contributed by atoms with van der Waals surface area (Å²) in [6.45, 7) is 4.85. The minimum atomic E-state index is -0.833. The minimum Gasteiger partial charge on any atom is -0.481 e. The van der Waals surface area contributed by atoms with Gasteiger partial charge in [-0.15, -0.1) is 0 Å². The highest BCUT2D eigenvalue weighted by atomic mass is 16.4. The van der Waals surface area contributed by atoms with Crippen LogP contribution in [0.15, 0.2) is 0 Å². The van der Waals surface area contributed by atoms with Crippen LogP contribution in [0.3, 0.4) is 0 Å². The highest BCUT2D eigenvalue weighted by Crippen LogP contribution is 1.67. The van der Waals surface area contributed by atoms with Crippen LogP contribution >= 0.6 is 0 Å². The van der Waals surface area contributed by atoms with Gasteiger partial charge in [0.2, 0.25) is 0 Å². The molecule has 0 aliphatic rings. The second kappa shape index (κ2) is 19.5. The van der Waals surface area contributed by atoms with Crippen LogP contribution in [0, 0.1) is 0 Å². The SMILES string of the molecule is CC(=O)O.CC(=O)O.CC(=O)O.CCC(=O)O. The third kappa shape index (κ3) is 136000. The molecular formula is C9H18O8. The van der Waals surface area contributed by atoms with Crippen LogP contribution in [0.5, 0.6) is 0 Å². The molecule has 0 radical (unpaired) electrons. The molecule has 4 N–H and O–H groups in total. The molecule has 0 atom stereocenters. The summed E-state index contributed by atoms with van der Waals surface area (Å²) in [5.41, 5.74) is 0. The maximum Gasteiger partial charge on any atom is 0.303 e. The van der Waals surface area contributed by atoms with E-state index >= 15 is 0 Å². The lowest BCUT2D eigenvalue weighted by atomic mass is 10.5. The van der Waals surface area contributed by atoms with Crippen molar-refractivity contribution in [3.8, 4) is 0 Å². The van der Waals surface area contributed by atoms with Crippen LogP contribution in [-0.4, -0.2) is 44.3 Å². The molecule has 0 aromatic carbocycles. The molecule has 0 saturated carbocycles. The van der Waals surface area contributed by atoms with Gasteiger partial charge in [-0.2, -0.15) is 0 Å². The van der Waals surface area contributed by atoms with Crippen molar-refractivity contribution in [3.05, 3.63) is 0 Å². The van der Waals surface area contributed by atoms with Gasteiger partial charge in [0.05, 0.1) is 0 Å². The Hall–Kier alpha value is -2.12. The van der Waals surface area contributed by atoms with Gasteiger partial charge < -0.3 is 20.4 Å². The number of rotatable bonds is 1. The number of aliphatic carboxylic acids is 4. The number of carbonyl (C=O) groups is 4. The number of hydrogen-bond acceptors (Lipinski definition) is 4. The van der Waals surface area contributed by atoms with Crippen molar-refractivity contribution < 1.29 is 39.6 Å². The third-order valence-corrected chi connectivity index (χ3v) is 0.302. The molecule has 0 heterocycles. The fourth-order valence-corrected chi connectivity index (χ4v) is 0. The molecule has 0 amide bonds. The lowest BCUT2D eigenvalue weighted by Gasteiger charge is -1.71. The van der Waals surface area contributed by atoms with Crippen molar-refractivity contribution in [1.82, 2.24) is 0 Å². The Morgan fingerprint density at radius 1 is 0.706 bits per heavy atom. The molecule has 17 heavy (non-hydrogen) atoms. The van der Waals surface area contributed by atoms with Crippen molar-refractivity contribution in [2.45, 2.75) is 34.1 Å². The molecule has 0 aromatic rings. The summed E-state index contributed by atoms with van der Waals surface area (Å²) in [5.74, 6) is -3.25. The molecule has 0 rings (SSSR count). The summed E-state index contributed by atoms with van der Waals surface area (Å²) in [7, 11) is 0. The fraction of sp³-hybridized carbons (Fsp3) is 0.556. The minimum absolute atomic E-state index is 0.222. The van der Waals surface area contributed by atoms with Gasteiger partial charge in [0.1, 0.15) is 0 Å². The van der Waals surface area contributed by atoms with Gasteiger partial charge >= 0.3 is 5.97 Å². The van der Waals surface area contributed by atoms with Gasteiger partial charge in [-0.25, -0.2) is 0 Å². The van der Waals surface area contributed by atoms with Gasteiger partial charge in [0, 0.05) is 27.2 Å². The van der Waals surface area contributed by atoms with E-state index in [9.17, 15) is 4.79 Å². The van der Waals surface area contributed by atoms with Crippen molar-refractivity contribution in [1.29, 1.82) is 0 Å². The van der Waals surface area contributed by atoms with Crippen molar-refractivity contribution in [2.75, 3.05) is 0 Å². The monoisotopic (exact) mass is 254 g/mol. The van der Waals surface area contributed by atoms with E-state index < -0.39 is 23.9 Å². The van der Waals surface area contributed by atoms with E-state index in [2.05, 4.69) is 0 Å². The summed E-state index contributed by atoms with van der Waals surface area (Å²) in [5, 5.41) is 30.0. The Bertz CT molecular complexity index is 193. The summed E-state index contributed by atoms with van der Waals surface area (Å²) in [6, 6.07) is 0. The van der Waals surface area contributed by atoms with E-state index in [0.717, 1.165) is 20.8 Å². The molecule has 8 nitrogen and oxygen atoms in total. The van der Waals surface area contributed by atoms with Crippen molar-refractivity contribution in [2.24, 2.45) is 0 Å². The number of hydrogen-bond donors (Lipinski definition) is 4. The van der Waals surface area contributed by atoms with E-state index in [-0.39, 0.29) is 6.42 Å². The first-order chi connectivity index (χ1) is 7.47. The lowest BCUT2D eigenvalue weighted by Crippen LogP contribution is -1.86. The molecule has 0 spiro atoms. The quantitative estimate of drug-likeness (QED) is 0.535. The largest absolute Gasteiger partial charge is 0.481 e. The van der Waals surface area contributed by atoms with Gasteiger partial charge in [-0.1, -0.05) is 6.92 Å². The van der Waals surface area contributed by atoms with Crippen LogP contribution in [0.1, 0.15) is 34.1 Å². The first-order valence-electron chi connectivity index (χ1n) is 4.27. The van der Waals surface area contributed by atoms with Crippen LogP contribution in [-0.2, 0) is 19.2 Å². The van der Waals surface area contributed by atoms with E-state index in [1.54, 1.807) is 6.92 Å². The van der Waals surface area contributed by atoms with Gasteiger partial charge in [-0.05, 0) is 0 Å². The third-order valence-electron chi connectivity index (χ3n) is 0.302. The average molecular weight is 254 g/mol. The molecule has 0 fully saturated rings. The Kier molecular flexibility index (Phi) is 27.7. The molecule has 0 aromatic heterocycles. The number of carboxylic acid groups (broad SMARTS) is 4. The maximum absolute atomic E-state index is 9.37.